The Morgan fingerprint density at radius 1 is 1.28 bits per heavy atom. The van der Waals surface area contributed by atoms with Crippen molar-refractivity contribution < 1.29 is 9.47 Å². The van der Waals surface area contributed by atoms with Crippen molar-refractivity contribution in [1.29, 1.82) is 0 Å². The van der Waals surface area contributed by atoms with Gasteiger partial charge < -0.3 is 14.8 Å². The largest absolute Gasteiger partial charge is 0.493 e. The van der Waals surface area contributed by atoms with Gasteiger partial charge in [-0.3, -0.25) is 0 Å². The van der Waals surface area contributed by atoms with Crippen molar-refractivity contribution in [2.24, 2.45) is 0 Å². The summed E-state index contributed by atoms with van der Waals surface area (Å²) in [6.07, 6.45) is 2.39. The fourth-order valence-corrected chi connectivity index (χ4v) is 2.02. The van der Waals surface area contributed by atoms with Crippen LogP contribution in [0.5, 0.6) is 11.5 Å². The summed E-state index contributed by atoms with van der Waals surface area (Å²) in [5.41, 5.74) is 1.14. The van der Waals surface area contributed by atoms with E-state index in [9.17, 15) is 0 Å². The molecule has 3 nitrogen and oxygen atoms in total. The Morgan fingerprint density at radius 2 is 2.06 bits per heavy atom. The van der Waals surface area contributed by atoms with E-state index < -0.39 is 0 Å². The lowest BCUT2D eigenvalue weighted by molar-refractivity contribution is 0.308. The minimum atomic E-state index is 0.524. The van der Waals surface area contributed by atoms with Crippen molar-refractivity contribution in [3.8, 4) is 11.5 Å². The van der Waals surface area contributed by atoms with Crippen LogP contribution in [0.4, 0.5) is 0 Å². The molecule has 0 saturated carbocycles. The summed E-state index contributed by atoms with van der Waals surface area (Å²) in [5.74, 6) is 1.66. The van der Waals surface area contributed by atoms with Crippen LogP contribution in [0.25, 0.3) is 0 Å². The van der Waals surface area contributed by atoms with E-state index in [0.717, 1.165) is 23.6 Å². The van der Waals surface area contributed by atoms with Gasteiger partial charge in [0.2, 0.25) is 0 Å². The third-order valence-corrected chi connectivity index (χ3v) is 2.93. The summed E-state index contributed by atoms with van der Waals surface area (Å²) >= 11 is 0. The second-order valence-electron chi connectivity index (χ2n) is 4.45. The lowest BCUT2D eigenvalue weighted by Gasteiger charge is -2.16. The van der Waals surface area contributed by atoms with Crippen molar-refractivity contribution in [2.75, 3.05) is 13.7 Å². The van der Waals surface area contributed by atoms with Gasteiger partial charge in [0.15, 0.2) is 11.5 Å². The van der Waals surface area contributed by atoms with E-state index in [4.69, 9.17) is 9.47 Å². The van der Waals surface area contributed by atoms with E-state index in [1.165, 1.54) is 12.8 Å². The molecule has 0 aliphatic carbocycles. The first kappa shape index (κ1) is 14.8. The summed E-state index contributed by atoms with van der Waals surface area (Å²) in [6, 6.07) is 6.55. The van der Waals surface area contributed by atoms with Gasteiger partial charge in [0.25, 0.3) is 0 Å². The quantitative estimate of drug-likeness (QED) is 0.768. The third kappa shape index (κ3) is 4.22. The maximum atomic E-state index is 5.57. The first-order valence-corrected chi connectivity index (χ1v) is 6.74. The molecule has 102 valence electrons. The second kappa shape index (κ2) is 7.98. The number of nitrogens with one attached hydrogen (secondary N) is 1. The van der Waals surface area contributed by atoms with E-state index in [-0.39, 0.29) is 0 Å². The molecular formula is C15H25NO2. The van der Waals surface area contributed by atoms with Gasteiger partial charge in [0, 0.05) is 18.2 Å². The smallest absolute Gasteiger partial charge is 0.165 e. The Labute approximate surface area is 110 Å². The average molecular weight is 251 g/mol. The van der Waals surface area contributed by atoms with Gasteiger partial charge in [-0.1, -0.05) is 25.5 Å². The number of benzene rings is 1. The number of rotatable bonds is 8. The molecule has 1 aromatic carbocycles. The molecule has 0 fully saturated rings. The summed E-state index contributed by atoms with van der Waals surface area (Å²) < 4.78 is 11.0. The summed E-state index contributed by atoms with van der Waals surface area (Å²) in [7, 11) is 1.69. The fourth-order valence-electron chi connectivity index (χ4n) is 2.02. The zero-order valence-corrected chi connectivity index (χ0v) is 12.0. The first-order valence-electron chi connectivity index (χ1n) is 6.74. The molecule has 0 spiro atoms. The van der Waals surface area contributed by atoms with Crippen LogP contribution in [0.15, 0.2) is 18.2 Å². The Hall–Kier alpha value is -1.22. The van der Waals surface area contributed by atoms with Gasteiger partial charge in [-0.05, 0) is 26.3 Å². The van der Waals surface area contributed by atoms with Crippen LogP contribution in [0.1, 0.15) is 39.2 Å². The predicted octanol–water partition coefficient (Wildman–Crippen LogP) is 3.37. The highest BCUT2D eigenvalue weighted by atomic mass is 16.5. The second-order valence-corrected chi connectivity index (χ2v) is 4.45. The predicted molar refractivity (Wildman–Crippen MR) is 75.4 cm³/mol. The lowest BCUT2D eigenvalue weighted by atomic mass is 10.1. The lowest BCUT2D eigenvalue weighted by Crippen LogP contribution is -2.25. The SMILES string of the molecule is CCCC(C)NCc1cccc(OCC)c1OC. The van der Waals surface area contributed by atoms with E-state index >= 15 is 0 Å². The molecule has 18 heavy (non-hydrogen) atoms. The monoisotopic (exact) mass is 251 g/mol. The Balaban J connectivity index is 2.72. The Kier molecular flexibility index (Phi) is 6.58. The Bertz CT molecular complexity index is 352. The van der Waals surface area contributed by atoms with Crippen molar-refractivity contribution in [1.82, 2.24) is 5.32 Å². The maximum absolute atomic E-state index is 5.57. The van der Waals surface area contributed by atoms with E-state index in [0.29, 0.717) is 12.6 Å². The summed E-state index contributed by atoms with van der Waals surface area (Å²) in [5, 5.41) is 3.51. The van der Waals surface area contributed by atoms with Crippen LogP contribution in [0.2, 0.25) is 0 Å². The number of ether oxygens (including phenoxy) is 2. The Morgan fingerprint density at radius 3 is 2.67 bits per heavy atom. The van der Waals surface area contributed by atoms with Gasteiger partial charge in [0.05, 0.1) is 13.7 Å². The molecule has 0 aliphatic rings. The molecule has 3 heteroatoms. The summed E-state index contributed by atoms with van der Waals surface area (Å²) in [4.78, 5) is 0. The van der Waals surface area contributed by atoms with Crippen molar-refractivity contribution in [2.45, 2.75) is 46.2 Å². The molecule has 0 amide bonds. The molecule has 1 rings (SSSR count). The molecule has 0 heterocycles. The number of hydrogen-bond donors (Lipinski definition) is 1. The molecule has 1 atom stereocenters. The van der Waals surface area contributed by atoms with Crippen LogP contribution in [-0.2, 0) is 6.54 Å². The van der Waals surface area contributed by atoms with Gasteiger partial charge in [-0.2, -0.15) is 0 Å². The minimum Gasteiger partial charge on any atom is -0.493 e. The van der Waals surface area contributed by atoms with E-state index in [1.54, 1.807) is 7.11 Å². The van der Waals surface area contributed by atoms with Crippen molar-refractivity contribution >= 4 is 0 Å². The molecule has 1 unspecified atom stereocenters. The zero-order valence-electron chi connectivity index (χ0n) is 12.0. The zero-order chi connectivity index (χ0) is 13.4. The standard InChI is InChI=1S/C15H25NO2/c1-5-8-12(3)16-11-13-9-7-10-14(18-6-2)15(13)17-4/h7,9-10,12,16H,5-6,8,11H2,1-4H3. The molecule has 0 aromatic heterocycles. The summed E-state index contributed by atoms with van der Waals surface area (Å²) in [6.45, 7) is 7.86. The number of methoxy groups -OCH3 is 1. The normalized spacial score (nSPS) is 12.2. The minimum absolute atomic E-state index is 0.524. The van der Waals surface area contributed by atoms with Crippen LogP contribution < -0.4 is 14.8 Å². The van der Waals surface area contributed by atoms with Gasteiger partial charge in [0.1, 0.15) is 0 Å². The maximum Gasteiger partial charge on any atom is 0.165 e. The molecule has 0 radical (unpaired) electrons. The highest BCUT2D eigenvalue weighted by Gasteiger charge is 2.10. The number of hydrogen-bond acceptors (Lipinski definition) is 3. The van der Waals surface area contributed by atoms with Crippen LogP contribution in [0.3, 0.4) is 0 Å². The average Bonchev–Trinajstić information content (AvgIpc) is 2.37. The molecule has 1 aromatic rings. The molecule has 1 N–H and O–H groups in total. The topological polar surface area (TPSA) is 30.5 Å². The molecule has 0 saturated heterocycles. The van der Waals surface area contributed by atoms with Gasteiger partial charge >= 0.3 is 0 Å². The molecular weight excluding hydrogens is 226 g/mol. The fraction of sp³-hybridized carbons (Fsp3) is 0.600. The van der Waals surface area contributed by atoms with Gasteiger partial charge in [-0.15, -0.1) is 0 Å². The molecule has 0 bridgehead atoms. The van der Waals surface area contributed by atoms with E-state index in [1.807, 2.05) is 19.1 Å². The van der Waals surface area contributed by atoms with Crippen molar-refractivity contribution in [3.63, 3.8) is 0 Å². The highest BCUT2D eigenvalue weighted by Crippen LogP contribution is 2.30. The first-order chi connectivity index (χ1) is 8.72. The van der Waals surface area contributed by atoms with E-state index in [2.05, 4.69) is 25.2 Å². The van der Waals surface area contributed by atoms with Crippen LogP contribution >= 0.6 is 0 Å². The van der Waals surface area contributed by atoms with Crippen LogP contribution in [0, 0.1) is 0 Å². The van der Waals surface area contributed by atoms with Crippen LogP contribution in [-0.4, -0.2) is 19.8 Å². The highest BCUT2D eigenvalue weighted by molar-refractivity contribution is 5.46. The number of para-hydroxylation sites is 1. The van der Waals surface area contributed by atoms with Crippen molar-refractivity contribution in [3.05, 3.63) is 23.8 Å². The molecule has 0 aliphatic heterocycles. The van der Waals surface area contributed by atoms with Gasteiger partial charge in [-0.25, -0.2) is 0 Å². The third-order valence-electron chi connectivity index (χ3n) is 2.93.